The van der Waals surface area contributed by atoms with Crippen LogP contribution in [0.15, 0.2) is 76.5 Å². The van der Waals surface area contributed by atoms with E-state index in [-0.39, 0.29) is 12.3 Å². The Morgan fingerprint density at radius 3 is 2.53 bits per heavy atom. The van der Waals surface area contributed by atoms with Crippen molar-refractivity contribution in [2.75, 3.05) is 37.7 Å². The first-order valence-corrected chi connectivity index (χ1v) is 14.4. The maximum atomic E-state index is 12.6. The van der Waals surface area contributed by atoms with Crippen molar-refractivity contribution in [3.05, 3.63) is 93.6 Å². The fraction of sp³-hybridized carbons (Fsp3) is 0.267. The first-order valence-electron chi connectivity index (χ1n) is 12.8. The van der Waals surface area contributed by atoms with E-state index >= 15 is 0 Å². The summed E-state index contributed by atoms with van der Waals surface area (Å²) in [6, 6.07) is 23.1. The Labute approximate surface area is 236 Å². The third kappa shape index (κ3) is 4.87. The number of pyridine rings is 1. The van der Waals surface area contributed by atoms with Crippen LogP contribution in [-0.4, -0.2) is 48.6 Å². The van der Waals surface area contributed by atoms with E-state index in [1.165, 1.54) is 20.9 Å². The van der Waals surface area contributed by atoms with E-state index in [0.717, 1.165) is 43.7 Å². The molecule has 5 nitrogen and oxygen atoms in total. The van der Waals surface area contributed by atoms with Crippen molar-refractivity contribution in [2.45, 2.75) is 29.2 Å². The maximum Gasteiger partial charge on any atom is 0.357 e. The molecule has 4 aromatic rings. The third-order valence-corrected chi connectivity index (χ3v) is 8.99. The zero-order valence-corrected chi connectivity index (χ0v) is 23.3. The van der Waals surface area contributed by atoms with Crippen LogP contribution >= 0.6 is 35.0 Å². The van der Waals surface area contributed by atoms with Gasteiger partial charge in [-0.2, -0.15) is 0 Å². The second-order valence-electron chi connectivity index (χ2n) is 9.52. The van der Waals surface area contributed by atoms with Gasteiger partial charge in [-0.1, -0.05) is 71.4 Å². The van der Waals surface area contributed by atoms with Crippen molar-refractivity contribution in [1.82, 2.24) is 9.88 Å². The van der Waals surface area contributed by atoms with Crippen LogP contribution in [0.25, 0.3) is 10.9 Å². The molecule has 194 valence electrons. The van der Waals surface area contributed by atoms with Crippen molar-refractivity contribution < 1.29 is 9.53 Å². The molecule has 8 heteroatoms. The zero-order valence-electron chi connectivity index (χ0n) is 21.0. The van der Waals surface area contributed by atoms with Gasteiger partial charge in [-0.15, -0.1) is 0 Å². The number of halogens is 2. The van der Waals surface area contributed by atoms with Crippen LogP contribution in [-0.2, 0) is 11.2 Å². The summed E-state index contributed by atoms with van der Waals surface area (Å²) in [5.74, 6) is -0.448. The summed E-state index contributed by atoms with van der Waals surface area (Å²) < 4.78 is 5.25. The van der Waals surface area contributed by atoms with Crippen LogP contribution in [0.2, 0.25) is 10.0 Å². The number of carbonyl (C=O) groups is 1. The molecule has 0 spiro atoms. The molecule has 3 heterocycles. The summed E-state index contributed by atoms with van der Waals surface area (Å²) >= 11 is 14.8. The highest BCUT2D eigenvalue weighted by molar-refractivity contribution is 7.99. The van der Waals surface area contributed by atoms with Crippen LogP contribution in [0.4, 0.5) is 5.69 Å². The molecule has 38 heavy (non-hydrogen) atoms. The van der Waals surface area contributed by atoms with E-state index in [0.29, 0.717) is 21.6 Å². The number of piperazine rings is 1. The molecule has 1 fully saturated rings. The van der Waals surface area contributed by atoms with E-state index in [9.17, 15) is 4.79 Å². The highest BCUT2D eigenvalue weighted by atomic mass is 35.5. The Bertz CT molecular complexity index is 1520. The lowest BCUT2D eigenvalue weighted by molar-refractivity contribution is 0.0520. The number of anilines is 1. The lowest BCUT2D eigenvalue weighted by atomic mass is 9.96. The maximum absolute atomic E-state index is 12.6. The second kappa shape index (κ2) is 10.8. The fourth-order valence-electron chi connectivity index (χ4n) is 5.48. The number of aromatic nitrogens is 1. The molecule has 0 unspecified atom stereocenters. The normalized spacial score (nSPS) is 17.6. The minimum absolute atomic E-state index is 0.265. The van der Waals surface area contributed by atoms with Gasteiger partial charge in [0.15, 0.2) is 5.69 Å². The Balaban J connectivity index is 1.32. The number of ether oxygens (including phenoxy) is 1. The molecule has 2 aliphatic heterocycles. The highest BCUT2D eigenvalue weighted by Gasteiger charge is 2.31. The largest absolute Gasteiger partial charge is 0.461 e. The Kier molecular flexibility index (Phi) is 7.23. The van der Waals surface area contributed by atoms with E-state index in [4.69, 9.17) is 27.9 Å². The van der Waals surface area contributed by atoms with E-state index in [1.807, 2.05) is 17.8 Å². The van der Waals surface area contributed by atoms with Gasteiger partial charge < -0.3 is 9.64 Å². The first kappa shape index (κ1) is 25.5. The van der Waals surface area contributed by atoms with Crippen molar-refractivity contribution in [3.63, 3.8) is 0 Å². The third-order valence-electron chi connectivity index (χ3n) is 7.27. The number of carbonyl (C=O) groups excluding carboxylic acids is 1. The minimum atomic E-state index is -0.448. The second-order valence-corrected chi connectivity index (χ2v) is 11.4. The quantitative estimate of drug-likeness (QED) is 0.243. The zero-order chi connectivity index (χ0) is 26.2. The van der Waals surface area contributed by atoms with Crippen molar-refractivity contribution in [3.8, 4) is 0 Å². The minimum Gasteiger partial charge on any atom is -0.461 e. The molecule has 0 bridgehead atoms. The monoisotopic (exact) mass is 563 g/mol. The smallest absolute Gasteiger partial charge is 0.357 e. The molecule has 1 saturated heterocycles. The number of esters is 1. The standard InChI is InChI=1S/C30H27Cl2N3O2S/c1-2-37-30(36)24-18-26(29-22(32)16-20(31)17-23(29)33-24)35-13-11-34(12-14-35)25-15-19-7-3-5-9-27(19)38-28-10-6-4-8-21(25)28/h3-10,16-18,25H,2,11-15H2,1H3/t25-/m0/s1. The molecule has 0 amide bonds. The molecular weight excluding hydrogens is 537 g/mol. The highest BCUT2D eigenvalue weighted by Crippen LogP contribution is 2.43. The van der Waals surface area contributed by atoms with Gasteiger partial charge in [0.25, 0.3) is 0 Å². The van der Waals surface area contributed by atoms with Gasteiger partial charge >= 0.3 is 5.97 Å². The van der Waals surface area contributed by atoms with Gasteiger partial charge in [0.05, 0.1) is 22.8 Å². The van der Waals surface area contributed by atoms with E-state index < -0.39 is 5.97 Å². The number of nitrogens with zero attached hydrogens (tertiary/aromatic N) is 3. The molecular formula is C30H27Cl2N3O2S. The predicted molar refractivity (Wildman–Crippen MR) is 155 cm³/mol. The van der Waals surface area contributed by atoms with Gasteiger partial charge in [-0.05, 0) is 54.8 Å². The molecule has 1 atom stereocenters. The molecule has 0 radical (unpaired) electrons. The van der Waals surface area contributed by atoms with Crippen LogP contribution in [0.1, 0.15) is 34.6 Å². The van der Waals surface area contributed by atoms with E-state index in [2.05, 4.69) is 63.3 Å². The Morgan fingerprint density at radius 2 is 1.74 bits per heavy atom. The Hall–Kier alpha value is -2.77. The van der Waals surface area contributed by atoms with Gasteiger partial charge in [-0.25, -0.2) is 9.78 Å². The summed E-state index contributed by atoms with van der Waals surface area (Å²) in [5.41, 5.74) is 4.53. The van der Waals surface area contributed by atoms with Gasteiger partial charge in [0.2, 0.25) is 0 Å². The molecule has 6 rings (SSSR count). The van der Waals surface area contributed by atoms with Crippen LogP contribution in [0, 0.1) is 0 Å². The molecule has 1 aromatic heterocycles. The molecule has 3 aromatic carbocycles. The summed E-state index contributed by atoms with van der Waals surface area (Å²) in [5, 5.41) is 1.82. The lowest BCUT2D eigenvalue weighted by Crippen LogP contribution is -2.48. The van der Waals surface area contributed by atoms with Gasteiger partial charge in [0, 0.05) is 52.4 Å². The van der Waals surface area contributed by atoms with Crippen LogP contribution < -0.4 is 4.90 Å². The predicted octanol–water partition coefficient (Wildman–Crippen LogP) is 7.29. The van der Waals surface area contributed by atoms with Crippen molar-refractivity contribution >= 4 is 57.5 Å². The van der Waals surface area contributed by atoms with Gasteiger partial charge in [-0.3, -0.25) is 4.90 Å². The van der Waals surface area contributed by atoms with Crippen molar-refractivity contribution in [1.29, 1.82) is 0 Å². The topological polar surface area (TPSA) is 45.7 Å². The summed E-state index contributed by atoms with van der Waals surface area (Å²) in [4.78, 5) is 24.7. The van der Waals surface area contributed by atoms with Crippen LogP contribution in [0.3, 0.4) is 0 Å². The first-order chi connectivity index (χ1) is 18.5. The molecule has 2 aliphatic rings. The average molecular weight is 565 g/mol. The number of hydrogen-bond acceptors (Lipinski definition) is 6. The van der Waals surface area contributed by atoms with E-state index in [1.54, 1.807) is 19.1 Å². The average Bonchev–Trinajstić information content (AvgIpc) is 3.09. The SMILES string of the molecule is CCOC(=O)c1cc(N2CCN([C@H]3Cc4ccccc4Sc4ccccc43)CC2)c2c(Cl)cc(Cl)cc2n1. The molecule has 0 saturated carbocycles. The molecule has 0 aliphatic carbocycles. The summed E-state index contributed by atoms with van der Waals surface area (Å²) in [6.07, 6.45) is 0.982. The van der Waals surface area contributed by atoms with Gasteiger partial charge in [0.1, 0.15) is 0 Å². The summed E-state index contributed by atoms with van der Waals surface area (Å²) in [6.45, 7) is 5.44. The lowest BCUT2D eigenvalue weighted by Gasteiger charge is -2.41. The number of benzene rings is 3. The molecule has 0 N–H and O–H groups in total. The van der Waals surface area contributed by atoms with Crippen LogP contribution in [0.5, 0.6) is 0 Å². The number of rotatable bonds is 4. The Morgan fingerprint density at radius 1 is 1.00 bits per heavy atom. The number of fused-ring (bicyclic) bond motifs is 3. The fourth-order valence-corrected chi connectivity index (χ4v) is 7.20. The number of hydrogen-bond donors (Lipinski definition) is 0. The van der Waals surface area contributed by atoms with Crippen molar-refractivity contribution in [2.24, 2.45) is 0 Å². The summed E-state index contributed by atoms with van der Waals surface area (Å²) in [7, 11) is 0.